The lowest BCUT2D eigenvalue weighted by atomic mass is 10.4. The van der Waals surface area contributed by atoms with Gasteiger partial charge in [0, 0.05) is 24.9 Å². The number of rotatable bonds is 5. The summed E-state index contributed by atoms with van der Waals surface area (Å²) in [5.74, 6) is 0.853. The largest absolute Gasteiger partial charge is 0.351 e. The van der Waals surface area contributed by atoms with E-state index >= 15 is 0 Å². The minimum atomic E-state index is 0.698. The van der Waals surface area contributed by atoms with Crippen molar-refractivity contribution in [3.8, 4) is 0 Å². The molecule has 0 fully saturated rings. The van der Waals surface area contributed by atoms with Crippen LogP contribution >= 0.6 is 22.7 Å². The maximum Gasteiger partial charge on any atom is 0.194 e. The monoisotopic (exact) mass is 323 g/mol. The smallest absolute Gasteiger partial charge is 0.194 e. The van der Waals surface area contributed by atoms with E-state index in [0.29, 0.717) is 6.54 Å². The molecule has 21 heavy (non-hydrogen) atoms. The third-order valence-electron chi connectivity index (χ3n) is 2.97. The van der Waals surface area contributed by atoms with Crippen molar-refractivity contribution < 1.29 is 0 Å². The minimum Gasteiger partial charge on any atom is -0.351 e. The standard InChI is InChI=1S/C14H21N5S2/c1-5-13-18-11(8-21-13)6-16-14(15-3)19(4)7-12-9-20-10(2)17-12/h8-9H,5-7H2,1-4H3,(H,15,16). The normalized spacial score (nSPS) is 11.7. The maximum atomic E-state index is 4.55. The van der Waals surface area contributed by atoms with Gasteiger partial charge in [-0.25, -0.2) is 9.97 Å². The van der Waals surface area contributed by atoms with Gasteiger partial charge in [-0.1, -0.05) is 6.92 Å². The van der Waals surface area contributed by atoms with Crippen LogP contribution in [0.1, 0.15) is 28.3 Å². The number of nitrogens with one attached hydrogen (secondary N) is 1. The molecule has 0 unspecified atom stereocenters. The van der Waals surface area contributed by atoms with Crippen LogP contribution in [0.3, 0.4) is 0 Å². The van der Waals surface area contributed by atoms with Crippen molar-refractivity contribution in [2.24, 2.45) is 4.99 Å². The highest BCUT2D eigenvalue weighted by Crippen LogP contribution is 2.11. The molecule has 0 bridgehead atoms. The summed E-state index contributed by atoms with van der Waals surface area (Å²) in [4.78, 5) is 15.4. The molecule has 2 aromatic heterocycles. The van der Waals surface area contributed by atoms with E-state index in [0.717, 1.165) is 35.3 Å². The highest BCUT2D eigenvalue weighted by molar-refractivity contribution is 7.09. The molecule has 0 saturated carbocycles. The van der Waals surface area contributed by atoms with E-state index in [4.69, 9.17) is 0 Å². The predicted molar refractivity (Wildman–Crippen MR) is 90.0 cm³/mol. The average Bonchev–Trinajstić information content (AvgIpc) is 3.08. The summed E-state index contributed by atoms with van der Waals surface area (Å²) < 4.78 is 0. The fraction of sp³-hybridized carbons (Fsp3) is 0.500. The second-order valence-corrected chi connectivity index (χ2v) is 6.71. The van der Waals surface area contributed by atoms with Gasteiger partial charge in [-0.3, -0.25) is 4.99 Å². The van der Waals surface area contributed by atoms with Crippen molar-refractivity contribution in [2.75, 3.05) is 14.1 Å². The third-order valence-corrected chi connectivity index (χ3v) is 4.83. The van der Waals surface area contributed by atoms with E-state index < -0.39 is 0 Å². The first-order valence-electron chi connectivity index (χ1n) is 6.88. The number of aliphatic imine (C=N–C) groups is 1. The van der Waals surface area contributed by atoms with Gasteiger partial charge in [0.05, 0.1) is 34.5 Å². The molecule has 0 radical (unpaired) electrons. The van der Waals surface area contributed by atoms with Crippen LogP contribution in [-0.4, -0.2) is 34.9 Å². The Morgan fingerprint density at radius 3 is 2.62 bits per heavy atom. The fourth-order valence-corrected chi connectivity index (χ4v) is 3.29. The number of hydrogen-bond acceptors (Lipinski definition) is 5. The lowest BCUT2D eigenvalue weighted by Gasteiger charge is -2.20. The van der Waals surface area contributed by atoms with Gasteiger partial charge in [-0.2, -0.15) is 0 Å². The van der Waals surface area contributed by atoms with Crippen LogP contribution in [0.5, 0.6) is 0 Å². The van der Waals surface area contributed by atoms with Crippen molar-refractivity contribution >= 4 is 28.6 Å². The van der Waals surface area contributed by atoms with Gasteiger partial charge >= 0.3 is 0 Å². The number of hydrogen-bond donors (Lipinski definition) is 1. The van der Waals surface area contributed by atoms with Crippen molar-refractivity contribution in [3.05, 3.63) is 32.2 Å². The van der Waals surface area contributed by atoms with Crippen LogP contribution in [0.2, 0.25) is 0 Å². The highest BCUT2D eigenvalue weighted by atomic mass is 32.1. The molecule has 0 spiro atoms. The minimum absolute atomic E-state index is 0.698. The molecule has 0 saturated heterocycles. The summed E-state index contributed by atoms with van der Waals surface area (Å²) in [5.41, 5.74) is 2.14. The van der Waals surface area contributed by atoms with Gasteiger partial charge in [0.2, 0.25) is 0 Å². The molecule has 5 nitrogen and oxygen atoms in total. The maximum absolute atomic E-state index is 4.55. The summed E-state index contributed by atoms with van der Waals surface area (Å²) in [6.45, 7) is 5.60. The SMILES string of the molecule is CCc1nc(CNC(=NC)N(C)Cc2csc(C)n2)cs1. The second kappa shape index (κ2) is 7.51. The molecule has 1 N–H and O–H groups in total. The van der Waals surface area contributed by atoms with E-state index in [2.05, 4.69) is 42.9 Å². The Hall–Kier alpha value is -1.47. The summed E-state index contributed by atoms with van der Waals surface area (Å²) in [7, 11) is 3.81. The zero-order valence-corrected chi connectivity index (χ0v) is 14.5. The second-order valence-electron chi connectivity index (χ2n) is 4.70. The number of guanidine groups is 1. The molecule has 0 aliphatic rings. The Balaban J connectivity index is 1.90. The van der Waals surface area contributed by atoms with Gasteiger partial charge in [0.15, 0.2) is 5.96 Å². The van der Waals surface area contributed by atoms with Gasteiger partial charge in [-0.15, -0.1) is 22.7 Å². The van der Waals surface area contributed by atoms with Crippen LogP contribution in [0.25, 0.3) is 0 Å². The topological polar surface area (TPSA) is 53.4 Å². The van der Waals surface area contributed by atoms with Crippen molar-refractivity contribution in [1.82, 2.24) is 20.2 Å². The summed E-state index contributed by atoms with van der Waals surface area (Å²) in [6, 6.07) is 0. The highest BCUT2D eigenvalue weighted by Gasteiger charge is 2.09. The summed E-state index contributed by atoms with van der Waals surface area (Å²) in [6.07, 6.45) is 0.989. The van der Waals surface area contributed by atoms with E-state index in [1.54, 1.807) is 29.7 Å². The molecule has 0 amide bonds. The Labute approximate surface area is 133 Å². The first-order valence-corrected chi connectivity index (χ1v) is 8.64. The Morgan fingerprint density at radius 1 is 1.29 bits per heavy atom. The van der Waals surface area contributed by atoms with Crippen molar-refractivity contribution in [1.29, 1.82) is 0 Å². The Kier molecular flexibility index (Phi) is 5.69. The summed E-state index contributed by atoms with van der Waals surface area (Å²) in [5, 5.41) is 9.80. The van der Waals surface area contributed by atoms with Crippen LogP contribution in [0.4, 0.5) is 0 Å². The quantitative estimate of drug-likeness (QED) is 0.679. The van der Waals surface area contributed by atoms with Gasteiger partial charge in [0.25, 0.3) is 0 Å². The molecule has 0 aromatic carbocycles. The molecule has 0 aliphatic heterocycles. The van der Waals surface area contributed by atoms with E-state index in [-0.39, 0.29) is 0 Å². The first-order chi connectivity index (χ1) is 10.1. The van der Waals surface area contributed by atoms with Gasteiger partial charge in [0.1, 0.15) is 0 Å². The molecule has 2 heterocycles. The van der Waals surface area contributed by atoms with Crippen molar-refractivity contribution in [3.63, 3.8) is 0 Å². The number of nitrogens with zero attached hydrogens (tertiary/aromatic N) is 4. The molecule has 2 rings (SSSR count). The Morgan fingerprint density at radius 2 is 2.05 bits per heavy atom. The number of aromatic nitrogens is 2. The number of aryl methyl sites for hydroxylation is 2. The molecule has 114 valence electrons. The van der Waals surface area contributed by atoms with Gasteiger partial charge < -0.3 is 10.2 Å². The molecule has 7 heteroatoms. The zero-order valence-electron chi connectivity index (χ0n) is 12.9. The molecular weight excluding hydrogens is 302 g/mol. The molecule has 0 atom stereocenters. The number of thiazole rings is 2. The average molecular weight is 323 g/mol. The van der Waals surface area contributed by atoms with Crippen LogP contribution in [0.15, 0.2) is 15.8 Å². The molecular formula is C14H21N5S2. The fourth-order valence-electron chi connectivity index (χ4n) is 1.95. The Bertz CT molecular complexity index is 602. The van der Waals surface area contributed by atoms with Crippen molar-refractivity contribution in [2.45, 2.75) is 33.4 Å². The first kappa shape index (κ1) is 15.9. The molecule has 0 aliphatic carbocycles. The van der Waals surface area contributed by atoms with Crippen LogP contribution < -0.4 is 5.32 Å². The van der Waals surface area contributed by atoms with E-state index in [1.807, 2.05) is 14.0 Å². The lowest BCUT2D eigenvalue weighted by Crippen LogP contribution is -2.38. The predicted octanol–water partition coefficient (Wildman–Crippen LogP) is 2.68. The lowest BCUT2D eigenvalue weighted by molar-refractivity contribution is 0.470. The van der Waals surface area contributed by atoms with E-state index in [1.165, 1.54) is 5.01 Å². The summed E-state index contributed by atoms with van der Waals surface area (Å²) >= 11 is 3.38. The zero-order chi connectivity index (χ0) is 15.2. The van der Waals surface area contributed by atoms with Gasteiger partial charge in [-0.05, 0) is 13.3 Å². The van der Waals surface area contributed by atoms with Crippen LogP contribution in [0, 0.1) is 6.92 Å². The van der Waals surface area contributed by atoms with Crippen LogP contribution in [-0.2, 0) is 19.5 Å². The molecule has 2 aromatic rings. The third kappa shape index (κ3) is 4.50. The van der Waals surface area contributed by atoms with E-state index in [9.17, 15) is 0 Å².